The topological polar surface area (TPSA) is 46.5 Å². The normalized spacial score (nSPS) is 16.6. The number of hydrogen-bond donors (Lipinski definition) is 1. The number of esters is 1. The fraction of sp³-hybridized carbons (Fsp3) is 0.682. The summed E-state index contributed by atoms with van der Waals surface area (Å²) in [5, 5.41) is 10.4. The molecular weight excluding hydrogens is 312 g/mol. The second kappa shape index (κ2) is 11.3. The van der Waals surface area contributed by atoms with E-state index >= 15 is 0 Å². The minimum Gasteiger partial charge on any atom is -0.469 e. The Bertz CT molecular complexity index is 488. The van der Waals surface area contributed by atoms with Gasteiger partial charge in [-0.3, -0.25) is 4.79 Å². The van der Waals surface area contributed by atoms with Crippen LogP contribution >= 0.6 is 0 Å². The van der Waals surface area contributed by atoms with Crippen LogP contribution in [0.15, 0.2) is 24.3 Å². The molecule has 1 saturated carbocycles. The zero-order valence-corrected chi connectivity index (χ0v) is 15.7. The quantitative estimate of drug-likeness (QED) is 0.458. The second-order valence-corrected chi connectivity index (χ2v) is 7.48. The average molecular weight is 347 g/mol. The Hall–Kier alpha value is -1.35. The van der Waals surface area contributed by atoms with Crippen LogP contribution in [0.1, 0.15) is 87.9 Å². The van der Waals surface area contributed by atoms with Crippen molar-refractivity contribution in [2.75, 3.05) is 7.11 Å². The molecule has 0 amide bonds. The highest BCUT2D eigenvalue weighted by molar-refractivity contribution is 5.69. The molecule has 0 aromatic heterocycles. The lowest BCUT2D eigenvalue weighted by atomic mass is 9.85. The van der Waals surface area contributed by atoms with Crippen molar-refractivity contribution in [3.05, 3.63) is 35.4 Å². The van der Waals surface area contributed by atoms with E-state index in [0.29, 0.717) is 6.42 Å². The molecule has 1 aliphatic carbocycles. The molecule has 3 heteroatoms. The number of aliphatic hydroxyl groups excluding tert-OH is 1. The Kier molecular flexibility index (Phi) is 9.03. The zero-order valence-electron chi connectivity index (χ0n) is 15.7. The van der Waals surface area contributed by atoms with Gasteiger partial charge in [0.1, 0.15) is 0 Å². The summed E-state index contributed by atoms with van der Waals surface area (Å²) in [6.07, 6.45) is 13.4. The van der Waals surface area contributed by atoms with E-state index in [9.17, 15) is 9.90 Å². The number of benzene rings is 1. The van der Waals surface area contributed by atoms with Crippen molar-refractivity contribution in [2.45, 2.75) is 83.2 Å². The third kappa shape index (κ3) is 7.60. The number of aliphatic hydroxyl groups is 1. The minimum absolute atomic E-state index is 0.153. The molecule has 3 nitrogen and oxygen atoms in total. The summed E-state index contributed by atoms with van der Waals surface area (Å²) in [5.41, 5.74) is 2.21. The number of methoxy groups -OCH3 is 1. The Balaban J connectivity index is 1.63. The number of carbonyl (C=O) groups is 1. The molecule has 25 heavy (non-hydrogen) atoms. The molecule has 0 saturated heterocycles. The van der Waals surface area contributed by atoms with Gasteiger partial charge in [0.25, 0.3) is 0 Å². The Labute approximate surface area is 152 Å². The predicted molar refractivity (Wildman–Crippen MR) is 101 cm³/mol. The van der Waals surface area contributed by atoms with Gasteiger partial charge < -0.3 is 9.84 Å². The first kappa shape index (κ1) is 20.0. The number of unbranched alkanes of at least 4 members (excludes halogenated alkanes) is 1. The van der Waals surface area contributed by atoms with Crippen LogP contribution in [0, 0.1) is 5.92 Å². The van der Waals surface area contributed by atoms with Crippen molar-refractivity contribution >= 4 is 5.97 Å². The number of hydrogen-bond acceptors (Lipinski definition) is 3. The SMILES string of the molecule is COC(=O)CCCc1ccc(C(O)CCCCC2CCCCC2)cc1. The lowest BCUT2D eigenvalue weighted by Gasteiger charge is -2.21. The van der Waals surface area contributed by atoms with Gasteiger partial charge in [-0.05, 0) is 36.3 Å². The first-order valence-electron chi connectivity index (χ1n) is 10.0. The van der Waals surface area contributed by atoms with Crippen molar-refractivity contribution in [1.82, 2.24) is 0 Å². The van der Waals surface area contributed by atoms with Gasteiger partial charge in [0.2, 0.25) is 0 Å². The van der Waals surface area contributed by atoms with Crippen LogP contribution in [-0.4, -0.2) is 18.2 Å². The van der Waals surface area contributed by atoms with Gasteiger partial charge in [0.15, 0.2) is 0 Å². The fourth-order valence-electron chi connectivity index (χ4n) is 3.86. The monoisotopic (exact) mass is 346 g/mol. The van der Waals surface area contributed by atoms with Crippen LogP contribution in [0.5, 0.6) is 0 Å². The van der Waals surface area contributed by atoms with Crippen LogP contribution < -0.4 is 0 Å². The fourth-order valence-corrected chi connectivity index (χ4v) is 3.86. The largest absolute Gasteiger partial charge is 0.469 e. The van der Waals surface area contributed by atoms with Crippen molar-refractivity contribution in [1.29, 1.82) is 0 Å². The number of carbonyl (C=O) groups excluding carboxylic acids is 1. The van der Waals surface area contributed by atoms with E-state index in [0.717, 1.165) is 37.2 Å². The molecule has 1 atom stereocenters. The molecule has 1 aliphatic rings. The number of aryl methyl sites for hydroxylation is 1. The van der Waals surface area contributed by atoms with Gasteiger partial charge in [-0.1, -0.05) is 75.6 Å². The lowest BCUT2D eigenvalue weighted by molar-refractivity contribution is -0.140. The highest BCUT2D eigenvalue weighted by Crippen LogP contribution is 2.29. The standard InChI is InChI=1S/C22H34O3/c1-25-22(24)13-7-11-19-14-16-20(17-15-19)21(23)12-6-5-10-18-8-3-2-4-9-18/h14-18,21,23H,2-13H2,1H3. The highest BCUT2D eigenvalue weighted by Gasteiger charge is 2.13. The highest BCUT2D eigenvalue weighted by atomic mass is 16.5. The molecule has 1 aromatic carbocycles. The number of rotatable bonds is 10. The number of ether oxygens (including phenoxy) is 1. The van der Waals surface area contributed by atoms with Gasteiger partial charge in [-0.15, -0.1) is 0 Å². The average Bonchev–Trinajstić information content (AvgIpc) is 2.66. The van der Waals surface area contributed by atoms with E-state index in [4.69, 9.17) is 0 Å². The summed E-state index contributed by atoms with van der Waals surface area (Å²) in [6, 6.07) is 8.19. The first-order chi connectivity index (χ1) is 12.2. The first-order valence-corrected chi connectivity index (χ1v) is 10.0. The smallest absolute Gasteiger partial charge is 0.305 e. The van der Waals surface area contributed by atoms with E-state index in [2.05, 4.69) is 16.9 Å². The van der Waals surface area contributed by atoms with E-state index in [-0.39, 0.29) is 12.1 Å². The van der Waals surface area contributed by atoms with E-state index in [1.165, 1.54) is 57.6 Å². The van der Waals surface area contributed by atoms with E-state index < -0.39 is 0 Å². The second-order valence-electron chi connectivity index (χ2n) is 7.48. The summed E-state index contributed by atoms with van der Waals surface area (Å²) in [7, 11) is 1.42. The Morgan fingerprint density at radius 1 is 1.12 bits per heavy atom. The van der Waals surface area contributed by atoms with Crippen LogP contribution in [0.3, 0.4) is 0 Å². The van der Waals surface area contributed by atoms with Crippen molar-refractivity contribution < 1.29 is 14.6 Å². The van der Waals surface area contributed by atoms with Gasteiger partial charge in [0, 0.05) is 6.42 Å². The predicted octanol–water partition coefficient (Wildman–Crippen LogP) is 5.36. The summed E-state index contributed by atoms with van der Waals surface area (Å²) < 4.78 is 4.65. The van der Waals surface area contributed by atoms with Gasteiger partial charge >= 0.3 is 5.97 Å². The maximum atomic E-state index is 11.1. The van der Waals surface area contributed by atoms with Crippen molar-refractivity contribution in [2.24, 2.45) is 5.92 Å². The Morgan fingerprint density at radius 3 is 2.52 bits per heavy atom. The van der Waals surface area contributed by atoms with Gasteiger partial charge in [-0.2, -0.15) is 0 Å². The summed E-state index contributed by atoms with van der Waals surface area (Å²) in [4.78, 5) is 11.1. The molecule has 140 valence electrons. The lowest BCUT2D eigenvalue weighted by Crippen LogP contribution is -2.06. The molecule has 0 radical (unpaired) electrons. The summed E-state index contributed by atoms with van der Waals surface area (Å²) in [5.74, 6) is 0.787. The maximum absolute atomic E-state index is 11.1. The molecule has 2 rings (SSSR count). The molecule has 1 aromatic rings. The van der Waals surface area contributed by atoms with Gasteiger partial charge in [0.05, 0.1) is 13.2 Å². The summed E-state index contributed by atoms with van der Waals surface area (Å²) in [6.45, 7) is 0. The molecule has 1 fully saturated rings. The molecule has 0 heterocycles. The van der Waals surface area contributed by atoms with Crippen LogP contribution in [-0.2, 0) is 16.0 Å². The van der Waals surface area contributed by atoms with Crippen molar-refractivity contribution in [3.63, 3.8) is 0 Å². The molecular formula is C22H34O3. The minimum atomic E-state index is -0.351. The summed E-state index contributed by atoms with van der Waals surface area (Å²) >= 11 is 0. The third-order valence-corrected chi connectivity index (χ3v) is 5.50. The van der Waals surface area contributed by atoms with Crippen LogP contribution in [0.4, 0.5) is 0 Å². The van der Waals surface area contributed by atoms with Crippen LogP contribution in [0.2, 0.25) is 0 Å². The third-order valence-electron chi connectivity index (χ3n) is 5.50. The zero-order chi connectivity index (χ0) is 17.9. The Morgan fingerprint density at radius 2 is 1.84 bits per heavy atom. The van der Waals surface area contributed by atoms with E-state index in [1.807, 2.05) is 12.1 Å². The van der Waals surface area contributed by atoms with Crippen molar-refractivity contribution in [3.8, 4) is 0 Å². The molecule has 0 spiro atoms. The molecule has 1 N–H and O–H groups in total. The molecule has 0 bridgehead atoms. The molecule has 1 unspecified atom stereocenters. The molecule has 0 aliphatic heterocycles. The van der Waals surface area contributed by atoms with Crippen LogP contribution in [0.25, 0.3) is 0 Å². The maximum Gasteiger partial charge on any atom is 0.305 e. The van der Waals surface area contributed by atoms with Gasteiger partial charge in [-0.25, -0.2) is 0 Å². The van der Waals surface area contributed by atoms with E-state index in [1.54, 1.807) is 0 Å².